The molecule has 112 valence electrons. The van der Waals surface area contributed by atoms with E-state index in [1.54, 1.807) is 0 Å². The molecule has 1 atom stereocenters. The van der Waals surface area contributed by atoms with Gasteiger partial charge in [0.25, 0.3) is 0 Å². The van der Waals surface area contributed by atoms with Crippen LogP contribution < -0.4 is 10.6 Å². The van der Waals surface area contributed by atoms with Crippen molar-refractivity contribution in [3.63, 3.8) is 0 Å². The normalized spacial score (nSPS) is 20.2. The van der Waals surface area contributed by atoms with E-state index in [0.717, 1.165) is 31.3 Å². The first-order valence-electron chi connectivity index (χ1n) is 8.02. The summed E-state index contributed by atoms with van der Waals surface area (Å²) in [6.45, 7) is 9.87. The van der Waals surface area contributed by atoms with E-state index in [-0.39, 0.29) is 0 Å². The topological polar surface area (TPSA) is 42.1 Å². The quantitative estimate of drug-likeness (QED) is 0.918. The smallest absolute Gasteiger partial charge is 0.131 e. The van der Waals surface area contributed by atoms with Crippen LogP contribution >= 0.6 is 0 Å². The molecule has 0 bridgehead atoms. The minimum absolute atomic E-state index is 0.695. The van der Waals surface area contributed by atoms with Crippen LogP contribution in [0.3, 0.4) is 0 Å². The third-order valence-corrected chi connectivity index (χ3v) is 4.56. The van der Waals surface area contributed by atoms with Gasteiger partial charge in [0.1, 0.15) is 5.82 Å². The van der Waals surface area contributed by atoms with Crippen molar-refractivity contribution in [3.8, 4) is 0 Å². The standard InChI is InChI=1S/C17H29N3/c1-13(2)16-5-4-9-20(10-7-16)17-14(3)11-15(6-8-18)12-19-17/h11-13,16H,4-10,18H2,1-3H3. The van der Waals surface area contributed by atoms with Gasteiger partial charge in [-0.2, -0.15) is 0 Å². The van der Waals surface area contributed by atoms with E-state index in [0.29, 0.717) is 6.54 Å². The van der Waals surface area contributed by atoms with E-state index >= 15 is 0 Å². The Morgan fingerprint density at radius 3 is 2.80 bits per heavy atom. The maximum atomic E-state index is 5.62. The van der Waals surface area contributed by atoms with Gasteiger partial charge >= 0.3 is 0 Å². The van der Waals surface area contributed by atoms with Crippen LogP contribution in [-0.4, -0.2) is 24.6 Å². The van der Waals surface area contributed by atoms with Crippen LogP contribution in [0.15, 0.2) is 12.3 Å². The maximum absolute atomic E-state index is 5.62. The first-order chi connectivity index (χ1) is 9.61. The molecule has 1 unspecified atom stereocenters. The highest BCUT2D eigenvalue weighted by Gasteiger charge is 2.21. The summed E-state index contributed by atoms with van der Waals surface area (Å²) in [6, 6.07) is 2.25. The van der Waals surface area contributed by atoms with Gasteiger partial charge in [0.2, 0.25) is 0 Å². The highest BCUT2D eigenvalue weighted by molar-refractivity contribution is 5.47. The summed E-state index contributed by atoms with van der Waals surface area (Å²) in [5.74, 6) is 2.85. The molecule has 3 nitrogen and oxygen atoms in total. The number of aryl methyl sites for hydroxylation is 1. The number of anilines is 1. The van der Waals surface area contributed by atoms with Gasteiger partial charge < -0.3 is 10.6 Å². The molecule has 20 heavy (non-hydrogen) atoms. The van der Waals surface area contributed by atoms with Crippen LogP contribution in [-0.2, 0) is 6.42 Å². The number of pyridine rings is 1. The number of rotatable bonds is 4. The third-order valence-electron chi connectivity index (χ3n) is 4.56. The molecular formula is C17H29N3. The Labute approximate surface area is 123 Å². The van der Waals surface area contributed by atoms with Crippen molar-refractivity contribution < 1.29 is 0 Å². The molecule has 1 aliphatic rings. The van der Waals surface area contributed by atoms with Crippen molar-refractivity contribution in [2.24, 2.45) is 17.6 Å². The van der Waals surface area contributed by atoms with Gasteiger partial charge in [-0.15, -0.1) is 0 Å². The van der Waals surface area contributed by atoms with E-state index in [1.807, 2.05) is 6.20 Å². The Hall–Kier alpha value is -1.09. The molecular weight excluding hydrogens is 246 g/mol. The second-order valence-electron chi connectivity index (χ2n) is 6.44. The molecule has 0 spiro atoms. The minimum atomic E-state index is 0.695. The molecule has 1 aromatic rings. The van der Waals surface area contributed by atoms with Gasteiger partial charge in [-0.25, -0.2) is 4.98 Å². The summed E-state index contributed by atoms with van der Waals surface area (Å²) in [7, 11) is 0. The molecule has 0 saturated carbocycles. The van der Waals surface area contributed by atoms with Crippen molar-refractivity contribution >= 4 is 5.82 Å². The van der Waals surface area contributed by atoms with Crippen molar-refractivity contribution in [3.05, 3.63) is 23.4 Å². The second-order valence-corrected chi connectivity index (χ2v) is 6.44. The monoisotopic (exact) mass is 275 g/mol. The van der Waals surface area contributed by atoms with E-state index in [4.69, 9.17) is 10.7 Å². The average molecular weight is 275 g/mol. The first kappa shape index (κ1) is 15.3. The predicted octanol–water partition coefficient (Wildman–Crippen LogP) is 3.15. The fourth-order valence-corrected chi connectivity index (χ4v) is 3.26. The zero-order valence-corrected chi connectivity index (χ0v) is 13.2. The first-order valence-corrected chi connectivity index (χ1v) is 8.02. The Kier molecular flexibility index (Phi) is 5.41. The molecule has 0 aromatic carbocycles. The summed E-state index contributed by atoms with van der Waals surface area (Å²) in [5, 5.41) is 0. The summed E-state index contributed by atoms with van der Waals surface area (Å²) in [6.07, 6.45) is 6.86. The molecule has 0 amide bonds. The largest absolute Gasteiger partial charge is 0.356 e. The van der Waals surface area contributed by atoms with Gasteiger partial charge in [-0.3, -0.25) is 0 Å². The van der Waals surface area contributed by atoms with Crippen LogP contribution in [0.25, 0.3) is 0 Å². The van der Waals surface area contributed by atoms with Crippen LogP contribution in [0.2, 0.25) is 0 Å². The van der Waals surface area contributed by atoms with Crippen LogP contribution in [0.1, 0.15) is 44.2 Å². The molecule has 0 aliphatic carbocycles. The maximum Gasteiger partial charge on any atom is 0.131 e. The number of nitrogens with zero attached hydrogens (tertiary/aromatic N) is 2. The lowest BCUT2D eigenvalue weighted by Gasteiger charge is -2.24. The highest BCUT2D eigenvalue weighted by atomic mass is 15.2. The average Bonchev–Trinajstić information content (AvgIpc) is 2.65. The molecule has 1 aromatic heterocycles. The number of hydrogen-bond acceptors (Lipinski definition) is 3. The SMILES string of the molecule is Cc1cc(CCN)cnc1N1CCCC(C(C)C)CC1. The third kappa shape index (κ3) is 3.72. The van der Waals surface area contributed by atoms with Crippen molar-refractivity contribution in [2.75, 3.05) is 24.5 Å². The van der Waals surface area contributed by atoms with Gasteiger partial charge in [0.15, 0.2) is 0 Å². The Balaban J connectivity index is 2.07. The van der Waals surface area contributed by atoms with Crippen molar-refractivity contribution in [2.45, 2.75) is 46.5 Å². The van der Waals surface area contributed by atoms with Gasteiger partial charge in [0, 0.05) is 19.3 Å². The van der Waals surface area contributed by atoms with Crippen molar-refractivity contribution in [1.82, 2.24) is 4.98 Å². The summed E-state index contributed by atoms with van der Waals surface area (Å²) in [4.78, 5) is 7.18. The van der Waals surface area contributed by atoms with Crippen LogP contribution in [0.4, 0.5) is 5.82 Å². The van der Waals surface area contributed by atoms with Crippen molar-refractivity contribution in [1.29, 1.82) is 0 Å². The van der Waals surface area contributed by atoms with Crippen LogP contribution in [0.5, 0.6) is 0 Å². The number of nitrogens with two attached hydrogens (primary N) is 1. The lowest BCUT2D eigenvalue weighted by Crippen LogP contribution is -2.26. The Morgan fingerprint density at radius 1 is 1.35 bits per heavy atom. The summed E-state index contributed by atoms with van der Waals surface area (Å²) in [5.41, 5.74) is 8.16. The van der Waals surface area contributed by atoms with E-state index in [2.05, 4.69) is 31.7 Å². The minimum Gasteiger partial charge on any atom is -0.356 e. The fourth-order valence-electron chi connectivity index (χ4n) is 3.26. The predicted molar refractivity (Wildman–Crippen MR) is 86.1 cm³/mol. The lowest BCUT2D eigenvalue weighted by atomic mass is 9.89. The molecule has 0 radical (unpaired) electrons. The molecule has 2 rings (SSSR count). The molecule has 2 N–H and O–H groups in total. The van der Waals surface area contributed by atoms with E-state index in [9.17, 15) is 0 Å². The summed E-state index contributed by atoms with van der Waals surface area (Å²) < 4.78 is 0. The second kappa shape index (κ2) is 7.07. The molecule has 1 fully saturated rings. The van der Waals surface area contributed by atoms with Gasteiger partial charge in [-0.1, -0.05) is 19.9 Å². The Bertz CT molecular complexity index is 428. The lowest BCUT2D eigenvalue weighted by molar-refractivity contribution is 0.351. The van der Waals surface area contributed by atoms with Gasteiger partial charge in [0.05, 0.1) is 0 Å². The molecule has 1 saturated heterocycles. The van der Waals surface area contributed by atoms with E-state index < -0.39 is 0 Å². The summed E-state index contributed by atoms with van der Waals surface area (Å²) >= 11 is 0. The molecule has 1 aliphatic heterocycles. The molecule has 3 heteroatoms. The number of hydrogen-bond donors (Lipinski definition) is 1. The zero-order chi connectivity index (χ0) is 14.5. The Morgan fingerprint density at radius 2 is 2.15 bits per heavy atom. The zero-order valence-electron chi connectivity index (χ0n) is 13.2. The fraction of sp³-hybridized carbons (Fsp3) is 0.706. The van der Waals surface area contributed by atoms with Crippen LogP contribution in [0, 0.1) is 18.8 Å². The number of aromatic nitrogens is 1. The van der Waals surface area contributed by atoms with Gasteiger partial charge in [-0.05, 0) is 62.1 Å². The van der Waals surface area contributed by atoms with E-state index in [1.165, 1.54) is 36.2 Å². The molecule has 2 heterocycles. The highest BCUT2D eigenvalue weighted by Crippen LogP contribution is 2.28.